The molecule has 292 valence electrons. The topological polar surface area (TPSA) is 16.4 Å². The fraction of sp³-hybridized carbons (Fsp3) is 0. The van der Waals surface area contributed by atoms with Gasteiger partial charge in [0.05, 0.1) is 0 Å². The minimum absolute atomic E-state index is 0.885. The summed E-state index contributed by atoms with van der Waals surface area (Å²) in [6.07, 6.45) is 0. The number of anilines is 3. The van der Waals surface area contributed by atoms with Crippen LogP contribution in [0.4, 0.5) is 17.1 Å². The molecule has 0 amide bonds. The van der Waals surface area contributed by atoms with Crippen LogP contribution in [0.2, 0.25) is 0 Å². The molecule has 1 aromatic heterocycles. The molecule has 11 rings (SSSR count). The molecule has 0 saturated heterocycles. The van der Waals surface area contributed by atoms with Crippen molar-refractivity contribution in [3.63, 3.8) is 0 Å². The van der Waals surface area contributed by atoms with E-state index < -0.39 is 0 Å². The first-order valence-electron chi connectivity index (χ1n) is 21.2. The van der Waals surface area contributed by atoms with Crippen LogP contribution >= 0.6 is 0 Å². The fourth-order valence-electron chi connectivity index (χ4n) is 8.81. The summed E-state index contributed by atoms with van der Waals surface area (Å²) < 4.78 is 6.44. The monoisotopic (exact) mass is 791 g/mol. The lowest BCUT2D eigenvalue weighted by atomic mass is 9.84. The molecule has 0 spiro atoms. The van der Waals surface area contributed by atoms with Crippen molar-refractivity contribution < 1.29 is 4.42 Å². The Morgan fingerprint density at radius 1 is 0.242 bits per heavy atom. The van der Waals surface area contributed by atoms with Crippen LogP contribution in [-0.2, 0) is 0 Å². The van der Waals surface area contributed by atoms with E-state index in [-0.39, 0.29) is 0 Å². The molecule has 11 aromatic rings. The highest BCUT2D eigenvalue weighted by Crippen LogP contribution is 2.45. The van der Waals surface area contributed by atoms with Crippen LogP contribution in [0.15, 0.2) is 253 Å². The van der Waals surface area contributed by atoms with Gasteiger partial charge in [-0.2, -0.15) is 0 Å². The van der Waals surface area contributed by atoms with Crippen LogP contribution in [0.3, 0.4) is 0 Å². The van der Waals surface area contributed by atoms with Gasteiger partial charge in [-0.05, 0) is 133 Å². The van der Waals surface area contributed by atoms with Gasteiger partial charge in [-0.1, -0.05) is 182 Å². The van der Waals surface area contributed by atoms with Gasteiger partial charge in [0, 0.05) is 27.8 Å². The molecule has 0 aliphatic carbocycles. The Morgan fingerprint density at radius 2 is 0.597 bits per heavy atom. The maximum Gasteiger partial charge on any atom is 0.136 e. The van der Waals surface area contributed by atoms with Crippen LogP contribution in [-0.4, -0.2) is 0 Å². The van der Waals surface area contributed by atoms with Crippen molar-refractivity contribution in [1.29, 1.82) is 0 Å². The normalized spacial score (nSPS) is 11.2. The Hall–Kier alpha value is -8.20. The Balaban J connectivity index is 1.04. The molecule has 0 radical (unpaired) electrons. The van der Waals surface area contributed by atoms with Gasteiger partial charge in [0.15, 0.2) is 0 Å². The van der Waals surface area contributed by atoms with Crippen molar-refractivity contribution in [1.82, 2.24) is 0 Å². The summed E-state index contributed by atoms with van der Waals surface area (Å²) in [5, 5.41) is 2.25. The van der Waals surface area contributed by atoms with Gasteiger partial charge in [0.1, 0.15) is 11.2 Å². The molecule has 10 aromatic carbocycles. The number of furan rings is 1. The number of benzene rings is 10. The third-order valence-corrected chi connectivity index (χ3v) is 11.9. The zero-order valence-electron chi connectivity index (χ0n) is 34.0. The third-order valence-electron chi connectivity index (χ3n) is 11.9. The molecule has 2 nitrogen and oxygen atoms in total. The highest BCUT2D eigenvalue weighted by Gasteiger charge is 2.20. The van der Waals surface area contributed by atoms with Gasteiger partial charge in [0.2, 0.25) is 0 Å². The molecule has 1 heterocycles. The van der Waals surface area contributed by atoms with Gasteiger partial charge < -0.3 is 9.32 Å². The van der Waals surface area contributed by atoms with Gasteiger partial charge in [-0.25, -0.2) is 0 Å². The third kappa shape index (κ3) is 7.04. The zero-order chi connectivity index (χ0) is 41.2. The largest absolute Gasteiger partial charge is 0.456 e. The summed E-state index contributed by atoms with van der Waals surface area (Å²) in [4.78, 5) is 2.34. The minimum atomic E-state index is 0.885. The van der Waals surface area contributed by atoms with Crippen molar-refractivity contribution in [3.8, 4) is 66.8 Å². The Labute approximate surface area is 362 Å². The van der Waals surface area contributed by atoms with E-state index in [0.29, 0.717) is 0 Å². The van der Waals surface area contributed by atoms with Gasteiger partial charge in [0.25, 0.3) is 0 Å². The van der Waals surface area contributed by atoms with E-state index in [1.165, 1.54) is 38.9 Å². The molecule has 0 bridgehead atoms. The van der Waals surface area contributed by atoms with Crippen LogP contribution < -0.4 is 4.90 Å². The van der Waals surface area contributed by atoms with Crippen molar-refractivity contribution in [3.05, 3.63) is 249 Å². The van der Waals surface area contributed by atoms with Gasteiger partial charge >= 0.3 is 0 Å². The summed E-state index contributed by atoms with van der Waals surface area (Å²) >= 11 is 0. The van der Waals surface area contributed by atoms with E-state index in [4.69, 9.17) is 4.42 Å². The molecular weight excluding hydrogens is 751 g/mol. The number of hydrogen-bond donors (Lipinski definition) is 0. The fourth-order valence-corrected chi connectivity index (χ4v) is 8.81. The van der Waals surface area contributed by atoms with Crippen LogP contribution in [0.1, 0.15) is 0 Å². The summed E-state index contributed by atoms with van der Waals surface area (Å²) in [6, 6.07) is 89.1. The van der Waals surface area contributed by atoms with E-state index in [0.717, 1.165) is 66.8 Å². The first kappa shape index (κ1) is 36.8. The first-order valence-corrected chi connectivity index (χ1v) is 21.2. The molecule has 0 N–H and O–H groups in total. The maximum atomic E-state index is 6.44. The number of rotatable bonds is 9. The first-order chi connectivity index (χ1) is 30.7. The molecule has 62 heavy (non-hydrogen) atoms. The summed E-state index contributed by atoms with van der Waals surface area (Å²) in [5.41, 5.74) is 19.1. The molecule has 0 aliphatic heterocycles. The van der Waals surface area contributed by atoms with Crippen LogP contribution in [0, 0.1) is 0 Å². The van der Waals surface area contributed by atoms with E-state index in [2.05, 4.69) is 241 Å². The maximum absolute atomic E-state index is 6.44. The second-order valence-electron chi connectivity index (χ2n) is 15.7. The summed E-state index contributed by atoms with van der Waals surface area (Å²) in [6.45, 7) is 0. The van der Waals surface area contributed by atoms with Crippen molar-refractivity contribution in [2.24, 2.45) is 0 Å². The Bertz CT molecular complexity index is 3140. The van der Waals surface area contributed by atoms with Gasteiger partial charge in [-0.3, -0.25) is 0 Å². The lowest BCUT2D eigenvalue weighted by Gasteiger charge is -2.26. The molecule has 2 heteroatoms. The van der Waals surface area contributed by atoms with Gasteiger partial charge in [-0.15, -0.1) is 0 Å². The van der Waals surface area contributed by atoms with Crippen molar-refractivity contribution in [2.75, 3.05) is 4.90 Å². The highest BCUT2D eigenvalue weighted by atomic mass is 16.3. The number of para-hydroxylation sites is 1. The lowest BCUT2D eigenvalue weighted by molar-refractivity contribution is 0.669. The van der Waals surface area contributed by atoms with Crippen molar-refractivity contribution >= 4 is 39.0 Å². The Kier molecular flexibility index (Phi) is 9.57. The standard InChI is InChI=1S/C60H41NO/c1-5-15-42(16-6-1)44-25-32-51(33-26-44)61(52-34-27-45(28-35-52)43-17-7-2-8-18-43)53-36-29-46(30-37-53)50-39-56(47-19-9-3-10-20-47)60(57(40-50)48-21-11-4-12-22-48)49-31-38-55-54-23-13-14-24-58(54)62-59(55)41-49/h1-41H. The number of hydrogen-bond acceptors (Lipinski definition) is 2. The predicted molar refractivity (Wildman–Crippen MR) is 261 cm³/mol. The predicted octanol–water partition coefficient (Wildman–Crippen LogP) is 17.1. The average molecular weight is 792 g/mol. The Morgan fingerprint density at radius 3 is 1.06 bits per heavy atom. The van der Waals surface area contributed by atoms with Crippen molar-refractivity contribution in [2.45, 2.75) is 0 Å². The number of nitrogens with zero attached hydrogens (tertiary/aromatic N) is 1. The molecule has 0 fully saturated rings. The summed E-state index contributed by atoms with van der Waals surface area (Å²) in [7, 11) is 0. The van der Waals surface area contributed by atoms with E-state index in [1.807, 2.05) is 12.1 Å². The molecule has 0 saturated carbocycles. The minimum Gasteiger partial charge on any atom is -0.456 e. The van der Waals surface area contributed by atoms with Crippen LogP contribution in [0.5, 0.6) is 0 Å². The number of fused-ring (bicyclic) bond motifs is 3. The SMILES string of the molecule is c1ccc(-c2ccc(N(c3ccc(-c4ccccc4)cc3)c3ccc(-c4cc(-c5ccccc5)c(-c5ccc6c(c5)oc5ccccc56)c(-c5ccccc5)c4)cc3)cc2)cc1. The second-order valence-corrected chi connectivity index (χ2v) is 15.7. The van der Waals surface area contributed by atoms with E-state index in [9.17, 15) is 0 Å². The lowest BCUT2D eigenvalue weighted by Crippen LogP contribution is -2.09. The van der Waals surface area contributed by atoms with Crippen LogP contribution in [0.25, 0.3) is 88.7 Å². The smallest absolute Gasteiger partial charge is 0.136 e. The molecule has 0 aliphatic rings. The molecule has 0 unspecified atom stereocenters. The second kappa shape index (κ2) is 16.1. The molecule has 0 atom stereocenters. The quantitative estimate of drug-likeness (QED) is 0.145. The molecular formula is C60H41NO. The summed E-state index contributed by atoms with van der Waals surface area (Å²) in [5.74, 6) is 0. The highest BCUT2D eigenvalue weighted by molar-refractivity contribution is 6.07. The average Bonchev–Trinajstić information content (AvgIpc) is 3.73. The van der Waals surface area contributed by atoms with E-state index >= 15 is 0 Å². The van der Waals surface area contributed by atoms with E-state index in [1.54, 1.807) is 0 Å². The zero-order valence-corrected chi connectivity index (χ0v) is 34.0.